The molecule has 1 fully saturated rings. The molecule has 4 nitrogen and oxygen atoms in total. The molecule has 1 atom stereocenters. The Morgan fingerprint density at radius 1 is 0.917 bits per heavy atom. The van der Waals surface area contributed by atoms with Gasteiger partial charge in [-0.25, -0.2) is 9.18 Å². The van der Waals surface area contributed by atoms with Crippen molar-refractivity contribution in [3.8, 4) is 0 Å². The lowest BCUT2D eigenvalue weighted by Gasteiger charge is -2.24. The van der Waals surface area contributed by atoms with E-state index >= 15 is 0 Å². The fourth-order valence-electron chi connectivity index (χ4n) is 4.74. The number of nitrogens with zero attached hydrogens (tertiary/aromatic N) is 1. The lowest BCUT2D eigenvalue weighted by atomic mass is 10.0. The van der Waals surface area contributed by atoms with Crippen LogP contribution in [0.25, 0.3) is 0 Å². The van der Waals surface area contributed by atoms with Crippen molar-refractivity contribution in [1.29, 1.82) is 0 Å². The molecule has 1 aliphatic rings. The van der Waals surface area contributed by atoms with Gasteiger partial charge in [0.15, 0.2) is 0 Å². The van der Waals surface area contributed by atoms with Crippen molar-refractivity contribution in [2.75, 3.05) is 13.2 Å². The molecular weight excluding hydrogens is 474 g/mol. The zero-order valence-electron chi connectivity index (χ0n) is 21.5. The molecule has 8 heteroatoms. The van der Waals surface area contributed by atoms with Gasteiger partial charge in [-0.1, -0.05) is 84.0 Å². The third-order valence-electron chi connectivity index (χ3n) is 6.80. The first-order chi connectivity index (χ1) is 17.3. The Balaban J connectivity index is 1.66. The third-order valence-corrected chi connectivity index (χ3v) is 6.80. The largest absolute Gasteiger partial charge is 0.464 e. The summed E-state index contributed by atoms with van der Waals surface area (Å²) in [5.74, 6) is -2.54. The highest BCUT2D eigenvalue weighted by Crippen LogP contribution is 2.34. The van der Waals surface area contributed by atoms with Gasteiger partial charge in [0, 0.05) is 6.54 Å². The molecule has 0 N–H and O–H groups in total. The number of likely N-dealkylation sites (tertiary alicyclic amines) is 1. The van der Waals surface area contributed by atoms with Crippen LogP contribution in [0.1, 0.15) is 119 Å². The monoisotopic (exact) mass is 515 g/mol. The molecule has 0 saturated carbocycles. The number of esters is 1. The molecule has 0 aromatic heterocycles. The zero-order valence-corrected chi connectivity index (χ0v) is 21.5. The summed E-state index contributed by atoms with van der Waals surface area (Å²) in [4.78, 5) is 26.5. The summed E-state index contributed by atoms with van der Waals surface area (Å²) in [6.45, 7) is 2.58. The molecule has 0 spiro atoms. The third kappa shape index (κ3) is 10.1. The Morgan fingerprint density at radius 3 is 2.03 bits per heavy atom. The number of hydrogen-bond donors (Lipinski definition) is 0. The summed E-state index contributed by atoms with van der Waals surface area (Å²) in [5.41, 5.74) is -1.99. The molecule has 0 radical (unpaired) electrons. The van der Waals surface area contributed by atoms with E-state index in [9.17, 15) is 27.2 Å². The van der Waals surface area contributed by atoms with Gasteiger partial charge < -0.3 is 9.64 Å². The highest BCUT2D eigenvalue weighted by Gasteiger charge is 2.40. The first kappa shape index (κ1) is 30.1. The van der Waals surface area contributed by atoms with E-state index in [0.717, 1.165) is 24.2 Å². The lowest BCUT2D eigenvalue weighted by Crippen LogP contribution is -2.42. The van der Waals surface area contributed by atoms with Crippen molar-refractivity contribution in [1.82, 2.24) is 4.90 Å². The van der Waals surface area contributed by atoms with Crippen LogP contribution in [-0.2, 0) is 15.7 Å². The quantitative estimate of drug-likeness (QED) is 0.127. The molecule has 0 bridgehead atoms. The van der Waals surface area contributed by atoms with Crippen molar-refractivity contribution in [3.63, 3.8) is 0 Å². The first-order valence-corrected chi connectivity index (χ1v) is 13.6. The standard InChI is InChI=1S/C28H41F4NO3/c1-2-3-4-5-6-7-8-9-10-11-12-13-14-20-36-27(35)25-16-15-19-33(25)26(34)23-21-22(29)17-18-24(23)28(30,31)32/h17-18,21,25H,2-16,19-20H2,1H3. The molecule has 0 aliphatic carbocycles. The maximum Gasteiger partial charge on any atom is 0.417 e. The highest BCUT2D eigenvalue weighted by molar-refractivity contribution is 5.98. The number of alkyl halides is 3. The number of carbonyl (C=O) groups is 2. The second-order valence-electron chi connectivity index (χ2n) is 9.75. The minimum absolute atomic E-state index is 0.130. The second-order valence-corrected chi connectivity index (χ2v) is 9.75. The van der Waals surface area contributed by atoms with Crippen LogP contribution in [0.3, 0.4) is 0 Å². The summed E-state index contributed by atoms with van der Waals surface area (Å²) in [7, 11) is 0. The van der Waals surface area contributed by atoms with E-state index in [2.05, 4.69) is 6.92 Å². The summed E-state index contributed by atoms with van der Waals surface area (Å²) < 4.78 is 58.9. The van der Waals surface area contributed by atoms with Crippen LogP contribution in [0, 0.1) is 5.82 Å². The molecule has 1 aliphatic heterocycles. The van der Waals surface area contributed by atoms with Crippen molar-refractivity contribution >= 4 is 11.9 Å². The minimum Gasteiger partial charge on any atom is -0.464 e. The lowest BCUT2D eigenvalue weighted by molar-refractivity contribution is -0.148. The smallest absolute Gasteiger partial charge is 0.417 e. The minimum atomic E-state index is -4.80. The van der Waals surface area contributed by atoms with E-state index in [1.807, 2.05) is 0 Å². The van der Waals surface area contributed by atoms with Gasteiger partial charge in [-0.15, -0.1) is 0 Å². The molecule has 36 heavy (non-hydrogen) atoms. The van der Waals surface area contributed by atoms with Gasteiger partial charge in [-0.3, -0.25) is 4.79 Å². The number of unbranched alkanes of at least 4 members (excludes halogenated alkanes) is 12. The average molecular weight is 516 g/mol. The van der Waals surface area contributed by atoms with E-state index in [1.54, 1.807) is 0 Å². The van der Waals surface area contributed by atoms with Gasteiger partial charge in [0.05, 0.1) is 17.7 Å². The number of amides is 1. The van der Waals surface area contributed by atoms with Crippen LogP contribution >= 0.6 is 0 Å². The predicted molar refractivity (Wildman–Crippen MR) is 132 cm³/mol. The number of rotatable bonds is 16. The molecule has 2 rings (SSSR count). The topological polar surface area (TPSA) is 46.6 Å². The van der Waals surface area contributed by atoms with E-state index in [0.29, 0.717) is 37.5 Å². The Kier molecular flexibility index (Phi) is 13.3. The molecule has 1 aromatic carbocycles. The van der Waals surface area contributed by atoms with Gasteiger partial charge >= 0.3 is 12.1 Å². The summed E-state index contributed by atoms with van der Waals surface area (Å²) in [6.07, 6.45) is 11.6. The first-order valence-electron chi connectivity index (χ1n) is 13.6. The van der Waals surface area contributed by atoms with Crippen LogP contribution in [0.5, 0.6) is 0 Å². The van der Waals surface area contributed by atoms with Crippen molar-refractivity contribution in [2.24, 2.45) is 0 Å². The highest BCUT2D eigenvalue weighted by atomic mass is 19.4. The zero-order chi connectivity index (χ0) is 26.4. The van der Waals surface area contributed by atoms with Gasteiger partial charge in [0.1, 0.15) is 11.9 Å². The molecule has 1 unspecified atom stereocenters. The van der Waals surface area contributed by atoms with Crippen LogP contribution in [0.4, 0.5) is 17.6 Å². The Hall–Kier alpha value is -2.12. The molecule has 1 aromatic rings. The summed E-state index contributed by atoms with van der Waals surface area (Å²) >= 11 is 0. The molecule has 1 saturated heterocycles. The van der Waals surface area contributed by atoms with Gasteiger partial charge in [-0.2, -0.15) is 13.2 Å². The summed E-state index contributed by atoms with van der Waals surface area (Å²) in [6, 6.07) is 0.870. The van der Waals surface area contributed by atoms with Crippen molar-refractivity contribution < 1.29 is 31.9 Å². The number of ether oxygens (including phenoxy) is 1. The van der Waals surface area contributed by atoms with E-state index < -0.39 is 41.0 Å². The number of carbonyl (C=O) groups excluding carboxylic acids is 2. The van der Waals surface area contributed by atoms with Gasteiger partial charge in [-0.05, 0) is 37.5 Å². The van der Waals surface area contributed by atoms with Crippen LogP contribution in [0.2, 0.25) is 0 Å². The molecule has 1 heterocycles. The van der Waals surface area contributed by atoms with Gasteiger partial charge in [0.2, 0.25) is 0 Å². The maximum absolute atomic E-state index is 13.6. The van der Waals surface area contributed by atoms with Crippen molar-refractivity contribution in [2.45, 2.75) is 115 Å². The van der Waals surface area contributed by atoms with Crippen molar-refractivity contribution in [3.05, 3.63) is 35.1 Å². The molecule has 1 amide bonds. The average Bonchev–Trinajstić information content (AvgIpc) is 3.33. The maximum atomic E-state index is 13.6. The Bertz CT molecular complexity index is 812. The van der Waals surface area contributed by atoms with E-state index in [-0.39, 0.29) is 13.2 Å². The number of hydrogen-bond acceptors (Lipinski definition) is 3. The van der Waals surface area contributed by atoms with E-state index in [4.69, 9.17) is 4.74 Å². The molecule has 204 valence electrons. The summed E-state index contributed by atoms with van der Waals surface area (Å²) in [5, 5.41) is 0. The van der Waals surface area contributed by atoms with E-state index in [1.165, 1.54) is 57.8 Å². The fraction of sp³-hybridized carbons (Fsp3) is 0.714. The molecular formula is C28H41F4NO3. The Morgan fingerprint density at radius 2 is 1.47 bits per heavy atom. The normalized spacial score (nSPS) is 15.9. The van der Waals surface area contributed by atoms with Crippen LogP contribution in [0.15, 0.2) is 18.2 Å². The fourth-order valence-corrected chi connectivity index (χ4v) is 4.74. The SMILES string of the molecule is CCCCCCCCCCCCCCCOC(=O)C1CCCN1C(=O)c1cc(F)ccc1C(F)(F)F. The van der Waals surface area contributed by atoms with Crippen LogP contribution in [-0.4, -0.2) is 36.0 Å². The predicted octanol–water partition coefficient (Wildman–Crippen LogP) is 8.08. The van der Waals surface area contributed by atoms with Gasteiger partial charge in [0.25, 0.3) is 5.91 Å². The number of benzene rings is 1. The second kappa shape index (κ2) is 15.9. The number of halogens is 4. The Labute approximate surface area is 212 Å². The van der Waals surface area contributed by atoms with Crippen LogP contribution < -0.4 is 0 Å².